The van der Waals surface area contributed by atoms with Crippen LogP contribution in [0.4, 0.5) is 5.82 Å². The number of fused-ring (bicyclic) bond motifs is 1. The van der Waals surface area contributed by atoms with Crippen LogP contribution in [0.5, 0.6) is 11.5 Å². The molecule has 0 aliphatic carbocycles. The van der Waals surface area contributed by atoms with Crippen molar-refractivity contribution in [1.29, 1.82) is 0 Å². The molecule has 0 amide bonds. The van der Waals surface area contributed by atoms with Gasteiger partial charge in [-0.1, -0.05) is 6.07 Å². The summed E-state index contributed by atoms with van der Waals surface area (Å²) in [6.45, 7) is 0.169. The molecular weight excluding hydrogens is 366 g/mol. The van der Waals surface area contributed by atoms with Crippen LogP contribution in [-0.2, 0) is 11.3 Å². The average molecular weight is 387 g/mol. The number of benzene rings is 1. The molecule has 0 saturated carbocycles. The zero-order chi connectivity index (χ0) is 19.7. The number of aliphatic hydroxyl groups is 2. The molecule has 1 aliphatic heterocycles. The van der Waals surface area contributed by atoms with Crippen LogP contribution in [0.15, 0.2) is 30.9 Å². The molecule has 1 fully saturated rings. The molecule has 0 radical (unpaired) electrons. The maximum Gasteiger partial charge on any atom is 0.167 e. The molecule has 2 aromatic heterocycles. The Morgan fingerprint density at radius 3 is 2.89 bits per heavy atom. The van der Waals surface area contributed by atoms with Gasteiger partial charge in [-0.2, -0.15) is 0 Å². The summed E-state index contributed by atoms with van der Waals surface area (Å²) in [5, 5.41) is 32.3. The second kappa shape index (κ2) is 7.58. The van der Waals surface area contributed by atoms with E-state index >= 15 is 0 Å². The summed E-state index contributed by atoms with van der Waals surface area (Å²) in [5.41, 5.74) is 1.97. The Morgan fingerprint density at radius 1 is 1.32 bits per heavy atom. The van der Waals surface area contributed by atoms with Crippen molar-refractivity contribution in [3.63, 3.8) is 0 Å². The summed E-state index contributed by atoms with van der Waals surface area (Å²) in [7, 11) is 1.50. The quantitative estimate of drug-likeness (QED) is 0.484. The van der Waals surface area contributed by atoms with E-state index in [1.54, 1.807) is 23.0 Å². The predicted octanol–water partition coefficient (Wildman–Crippen LogP) is 0.793. The lowest BCUT2D eigenvalue weighted by atomic mass is 10.2. The topological polar surface area (TPSA) is 135 Å². The van der Waals surface area contributed by atoms with E-state index in [0.717, 1.165) is 5.56 Å². The van der Waals surface area contributed by atoms with Gasteiger partial charge < -0.3 is 30.1 Å². The van der Waals surface area contributed by atoms with E-state index in [1.807, 2.05) is 6.07 Å². The number of hydrogen-bond donors (Lipinski definition) is 4. The average Bonchev–Trinajstić information content (AvgIpc) is 3.29. The van der Waals surface area contributed by atoms with Crippen LogP contribution in [0.1, 0.15) is 18.2 Å². The summed E-state index contributed by atoms with van der Waals surface area (Å²) >= 11 is 0. The third-order valence-corrected chi connectivity index (χ3v) is 4.76. The number of ether oxygens (including phenoxy) is 2. The lowest BCUT2D eigenvalue weighted by Gasteiger charge is -2.13. The number of aromatic hydroxyl groups is 1. The molecule has 0 spiro atoms. The van der Waals surface area contributed by atoms with Gasteiger partial charge >= 0.3 is 0 Å². The highest BCUT2D eigenvalue weighted by atomic mass is 16.5. The molecule has 10 heteroatoms. The number of rotatable bonds is 6. The fourth-order valence-electron chi connectivity index (χ4n) is 3.27. The molecule has 10 nitrogen and oxygen atoms in total. The molecule has 3 aromatic rings. The van der Waals surface area contributed by atoms with Crippen LogP contribution in [0.2, 0.25) is 0 Å². The number of hydrogen-bond acceptors (Lipinski definition) is 9. The number of imidazole rings is 1. The van der Waals surface area contributed by atoms with E-state index in [-0.39, 0.29) is 12.4 Å². The molecular formula is C18H21N5O5. The Labute approximate surface area is 160 Å². The van der Waals surface area contributed by atoms with Gasteiger partial charge in [0.15, 0.2) is 28.5 Å². The number of nitrogens with one attached hydrogen (secondary N) is 1. The smallest absolute Gasteiger partial charge is 0.167 e. The Bertz CT molecular complexity index is 978. The largest absolute Gasteiger partial charge is 0.504 e. The lowest BCUT2D eigenvalue weighted by molar-refractivity contribution is -0.0432. The normalized spacial score (nSPS) is 21.9. The van der Waals surface area contributed by atoms with E-state index in [2.05, 4.69) is 20.3 Å². The Hall–Kier alpha value is -2.95. The summed E-state index contributed by atoms with van der Waals surface area (Å²) in [5.74, 6) is 1.01. The third kappa shape index (κ3) is 3.33. The maximum absolute atomic E-state index is 9.96. The molecule has 0 bridgehead atoms. The molecule has 1 aromatic carbocycles. The van der Waals surface area contributed by atoms with Crippen LogP contribution < -0.4 is 10.1 Å². The number of nitrogens with zero attached hydrogens (tertiary/aromatic N) is 4. The lowest BCUT2D eigenvalue weighted by Crippen LogP contribution is -2.24. The van der Waals surface area contributed by atoms with Gasteiger partial charge in [0.25, 0.3) is 0 Å². The minimum Gasteiger partial charge on any atom is -0.504 e. The van der Waals surface area contributed by atoms with Gasteiger partial charge in [-0.3, -0.25) is 4.57 Å². The highest BCUT2D eigenvalue weighted by molar-refractivity contribution is 5.82. The number of anilines is 1. The molecule has 3 atom stereocenters. The second-order valence-electron chi connectivity index (χ2n) is 6.52. The standard InChI is InChI=1S/C18H21N5O5/c1-27-13-3-2-10(4-11(13)25)6-19-17-16-18(21-8-20-17)23(9-22-16)15-5-12(26)14(7-24)28-15/h2-4,8-9,12,14-15,24-26H,5-7H2,1H3,(H,19,20,21)/t12-,14+,15?/m0/s1. The van der Waals surface area contributed by atoms with Gasteiger partial charge in [0.2, 0.25) is 0 Å². The van der Waals surface area contributed by atoms with Crippen molar-refractivity contribution in [2.75, 3.05) is 19.0 Å². The Balaban J connectivity index is 1.54. The molecule has 1 aliphatic rings. The molecule has 28 heavy (non-hydrogen) atoms. The van der Waals surface area contributed by atoms with Crippen LogP contribution in [0.3, 0.4) is 0 Å². The fourth-order valence-corrected chi connectivity index (χ4v) is 3.27. The number of phenolic OH excluding ortho intramolecular Hbond substituents is 1. The predicted molar refractivity (Wildman–Crippen MR) is 98.9 cm³/mol. The number of methoxy groups -OCH3 is 1. The van der Waals surface area contributed by atoms with E-state index in [9.17, 15) is 15.3 Å². The monoisotopic (exact) mass is 387 g/mol. The van der Waals surface area contributed by atoms with Crippen LogP contribution in [0, 0.1) is 0 Å². The summed E-state index contributed by atoms with van der Waals surface area (Å²) < 4.78 is 12.5. The molecule has 1 saturated heterocycles. The number of phenols is 1. The minimum absolute atomic E-state index is 0.0642. The SMILES string of the molecule is COc1ccc(CNc2ncnc3c2ncn3C2C[C@H](O)[C@@H](CO)O2)cc1O. The zero-order valence-electron chi connectivity index (χ0n) is 15.2. The molecule has 4 N–H and O–H groups in total. The molecule has 3 heterocycles. The molecule has 1 unspecified atom stereocenters. The first kappa shape index (κ1) is 18.4. The van der Waals surface area contributed by atoms with Crippen molar-refractivity contribution in [2.45, 2.75) is 31.4 Å². The summed E-state index contributed by atoms with van der Waals surface area (Å²) in [4.78, 5) is 12.9. The fraction of sp³-hybridized carbons (Fsp3) is 0.389. The van der Waals surface area contributed by atoms with Crippen LogP contribution >= 0.6 is 0 Å². The number of aromatic nitrogens is 4. The van der Waals surface area contributed by atoms with E-state index in [1.165, 1.54) is 13.4 Å². The van der Waals surface area contributed by atoms with Crippen molar-refractivity contribution in [1.82, 2.24) is 19.5 Å². The minimum atomic E-state index is -0.741. The van der Waals surface area contributed by atoms with Gasteiger partial charge in [0, 0.05) is 13.0 Å². The van der Waals surface area contributed by atoms with E-state index in [4.69, 9.17) is 9.47 Å². The van der Waals surface area contributed by atoms with Gasteiger partial charge in [-0.05, 0) is 17.7 Å². The second-order valence-corrected chi connectivity index (χ2v) is 6.52. The van der Waals surface area contributed by atoms with Crippen molar-refractivity contribution < 1.29 is 24.8 Å². The Kier molecular flexibility index (Phi) is 4.99. The molecule has 4 rings (SSSR count). The maximum atomic E-state index is 9.96. The first-order valence-corrected chi connectivity index (χ1v) is 8.82. The number of aliphatic hydroxyl groups excluding tert-OH is 2. The van der Waals surface area contributed by atoms with Gasteiger partial charge in [-0.25, -0.2) is 15.0 Å². The highest BCUT2D eigenvalue weighted by Gasteiger charge is 2.35. The highest BCUT2D eigenvalue weighted by Crippen LogP contribution is 2.32. The van der Waals surface area contributed by atoms with Crippen molar-refractivity contribution in [3.05, 3.63) is 36.4 Å². The van der Waals surface area contributed by atoms with Crippen molar-refractivity contribution >= 4 is 17.0 Å². The van der Waals surface area contributed by atoms with Crippen molar-refractivity contribution in [3.8, 4) is 11.5 Å². The van der Waals surface area contributed by atoms with E-state index < -0.39 is 18.4 Å². The van der Waals surface area contributed by atoms with Gasteiger partial charge in [0.1, 0.15) is 18.7 Å². The third-order valence-electron chi connectivity index (χ3n) is 4.76. The van der Waals surface area contributed by atoms with Crippen molar-refractivity contribution in [2.24, 2.45) is 0 Å². The summed E-state index contributed by atoms with van der Waals surface area (Å²) in [6, 6.07) is 5.15. The molecule has 148 valence electrons. The first-order valence-electron chi connectivity index (χ1n) is 8.82. The van der Waals surface area contributed by atoms with Crippen LogP contribution in [0.25, 0.3) is 11.2 Å². The van der Waals surface area contributed by atoms with Gasteiger partial charge in [-0.15, -0.1) is 0 Å². The Morgan fingerprint density at radius 2 is 2.18 bits per heavy atom. The van der Waals surface area contributed by atoms with Crippen LogP contribution in [-0.4, -0.2) is 60.8 Å². The zero-order valence-corrected chi connectivity index (χ0v) is 15.2. The summed E-state index contributed by atoms with van der Waals surface area (Å²) in [6.07, 6.45) is 1.52. The van der Waals surface area contributed by atoms with Gasteiger partial charge in [0.05, 0.1) is 26.1 Å². The van der Waals surface area contributed by atoms with E-state index in [0.29, 0.717) is 35.7 Å². The first-order chi connectivity index (χ1) is 13.6.